The smallest absolute Gasteiger partial charge is 0.241 e. The Bertz CT molecular complexity index is 1940. The van der Waals surface area contributed by atoms with Crippen molar-refractivity contribution in [3.8, 4) is 22.0 Å². The van der Waals surface area contributed by atoms with E-state index in [0.29, 0.717) is 50.7 Å². The molecule has 2 aliphatic rings. The number of thiazole rings is 1. The number of aryl methyl sites for hydroxylation is 1. The highest BCUT2D eigenvalue weighted by molar-refractivity contribution is 8.00. The second-order valence-electron chi connectivity index (χ2n) is 11.6. The predicted molar refractivity (Wildman–Crippen MR) is 182 cm³/mol. The van der Waals surface area contributed by atoms with E-state index in [9.17, 15) is 9.59 Å². The van der Waals surface area contributed by atoms with Crippen molar-refractivity contribution in [2.75, 3.05) is 44.3 Å². The van der Waals surface area contributed by atoms with Crippen LogP contribution in [0.3, 0.4) is 0 Å². The number of nitrogens with zero attached hydrogens (tertiary/aromatic N) is 7. The quantitative estimate of drug-likeness (QED) is 0.240. The van der Waals surface area contributed by atoms with Gasteiger partial charge >= 0.3 is 0 Å². The summed E-state index contributed by atoms with van der Waals surface area (Å²) < 4.78 is -0.642. The van der Waals surface area contributed by atoms with Crippen LogP contribution in [0.1, 0.15) is 23.5 Å². The molecule has 13 heteroatoms. The number of rotatable bonds is 8. The molecule has 0 radical (unpaired) electrons. The van der Waals surface area contributed by atoms with Gasteiger partial charge in [0.1, 0.15) is 15.4 Å². The summed E-state index contributed by atoms with van der Waals surface area (Å²) in [6.07, 6.45) is 12.5. The van der Waals surface area contributed by atoms with Crippen LogP contribution in [-0.2, 0) is 9.59 Å². The number of pyridine rings is 1. The number of benzene rings is 1. The van der Waals surface area contributed by atoms with Gasteiger partial charge < -0.3 is 10.2 Å². The van der Waals surface area contributed by atoms with Crippen molar-refractivity contribution in [2.45, 2.75) is 24.5 Å². The van der Waals surface area contributed by atoms with Gasteiger partial charge in [-0.2, -0.15) is 5.10 Å². The summed E-state index contributed by atoms with van der Waals surface area (Å²) >= 11 is 3.12. The van der Waals surface area contributed by atoms with Crippen LogP contribution in [0.4, 0.5) is 5.69 Å². The first-order valence-electron chi connectivity index (χ1n) is 15.1. The minimum absolute atomic E-state index is 0.0478. The lowest BCUT2D eigenvalue weighted by Crippen LogP contribution is -2.45. The van der Waals surface area contributed by atoms with E-state index in [1.54, 1.807) is 47.8 Å². The van der Waals surface area contributed by atoms with Crippen molar-refractivity contribution in [1.82, 2.24) is 39.9 Å². The van der Waals surface area contributed by atoms with E-state index in [0.717, 1.165) is 49.7 Å². The van der Waals surface area contributed by atoms with Crippen molar-refractivity contribution in [3.63, 3.8) is 0 Å². The first-order valence-corrected chi connectivity index (χ1v) is 17.2. The SMILES string of the molecule is CS[C@@]1(C(=O)Nc2ccc3[nH]nc(-c4ccnc(C)c4)c3c2)CCN(CC(=O)N2CC=C(c3ncc(-c4ncccn4)s3)CC2)C1. The molecule has 1 aromatic carbocycles. The molecule has 234 valence electrons. The van der Waals surface area contributed by atoms with Crippen LogP contribution in [0.25, 0.3) is 38.4 Å². The minimum atomic E-state index is -0.642. The van der Waals surface area contributed by atoms with Gasteiger partial charge in [-0.15, -0.1) is 23.1 Å². The molecule has 1 saturated heterocycles. The Hall–Kier alpha value is -4.46. The molecule has 6 heterocycles. The van der Waals surface area contributed by atoms with Gasteiger partial charge in [-0.3, -0.25) is 24.6 Å². The van der Waals surface area contributed by atoms with Gasteiger partial charge in [-0.1, -0.05) is 6.08 Å². The Morgan fingerprint density at radius 3 is 2.74 bits per heavy atom. The van der Waals surface area contributed by atoms with Crippen molar-refractivity contribution in [3.05, 3.63) is 78.0 Å². The Kier molecular flexibility index (Phi) is 8.36. The molecule has 0 aliphatic carbocycles. The van der Waals surface area contributed by atoms with Crippen LogP contribution in [0.15, 0.2) is 67.3 Å². The van der Waals surface area contributed by atoms with Gasteiger partial charge in [0.25, 0.3) is 0 Å². The average Bonchev–Trinajstić information content (AvgIpc) is 3.84. The highest BCUT2D eigenvalue weighted by Gasteiger charge is 2.44. The topological polar surface area (TPSA) is 133 Å². The maximum absolute atomic E-state index is 13.7. The number of carbonyl (C=O) groups is 2. The van der Waals surface area contributed by atoms with Gasteiger partial charge in [0.05, 0.1) is 16.9 Å². The van der Waals surface area contributed by atoms with Crippen molar-refractivity contribution in [2.24, 2.45) is 0 Å². The Balaban J connectivity index is 0.971. The lowest BCUT2D eigenvalue weighted by Gasteiger charge is -2.29. The highest BCUT2D eigenvalue weighted by atomic mass is 32.2. The molecule has 0 saturated carbocycles. The first kappa shape index (κ1) is 30.2. The summed E-state index contributed by atoms with van der Waals surface area (Å²) in [5.74, 6) is 0.701. The molecular formula is C33H33N9O2S2. The Labute approximate surface area is 274 Å². The van der Waals surface area contributed by atoms with E-state index in [1.807, 2.05) is 54.6 Å². The molecule has 5 aromatic rings. The van der Waals surface area contributed by atoms with Gasteiger partial charge in [-0.05, 0) is 68.0 Å². The van der Waals surface area contributed by atoms with Gasteiger partial charge in [0, 0.05) is 73.3 Å². The van der Waals surface area contributed by atoms with Crippen LogP contribution in [0, 0.1) is 6.92 Å². The standard InChI is InChI=1S/C33H33N9O2S2/c1-21-16-23(6-12-34-21)29-25-17-24(4-5-26(25)39-40-29)38-32(44)33(45-2)9-15-41(20-33)19-28(43)42-13-7-22(8-14-42)31-37-18-27(46-31)30-35-10-3-11-36-30/h3-7,10-12,16-18H,8-9,13-15,19-20H2,1-2H3,(H,38,44)(H,39,40)/t33-/m0/s1. The fraction of sp³-hybridized carbons (Fsp3) is 0.303. The number of carbonyl (C=O) groups excluding carboxylic acids is 2. The largest absolute Gasteiger partial charge is 0.338 e. The molecule has 0 bridgehead atoms. The molecule has 4 aromatic heterocycles. The predicted octanol–water partition coefficient (Wildman–Crippen LogP) is 4.91. The lowest BCUT2D eigenvalue weighted by atomic mass is 10.1. The second kappa shape index (κ2) is 12.7. The fourth-order valence-electron chi connectivity index (χ4n) is 6.02. The summed E-state index contributed by atoms with van der Waals surface area (Å²) in [5.41, 5.74) is 5.45. The molecule has 2 aliphatic heterocycles. The second-order valence-corrected chi connectivity index (χ2v) is 13.8. The third-order valence-electron chi connectivity index (χ3n) is 8.59. The number of likely N-dealkylation sites (tertiary alicyclic amines) is 1. The zero-order chi connectivity index (χ0) is 31.7. The van der Waals surface area contributed by atoms with Crippen LogP contribution in [-0.4, -0.2) is 95.5 Å². The number of hydrogen-bond donors (Lipinski definition) is 2. The summed E-state index contributed by atoms with van der Waals surface area (Å²) in [5, 5.41) is 12.6. The molecule has 11 nitrogen and oxygen atoms in total. The zero-order valence-electron chi connectivity index (χ0n) is 25.6. The van der Waals surface area contributed by atoms with E-state index >= 15 is 0 Å². The number of aromatic amines is 1. The van der Waals surface area contributed by atoms with E-state index in [4.69, 9.17) is 0 Å². The van der Waals surface area contributed by atoms with Crippen LogP contribution >= 0.6 is 23.1 Å². The monoisotopic (exact) mass is 651 g/mol. The number of amides is 2. The van der Waals surface area contributed by atoms with E-state index in [-0.39, 0.29) is 11.8 Å². The molecule has 0 unspecified atom stereocenters. The van der Waals surface area contributed by atoms with Crippen molar-refractivity contribution in [1.29, 1.82) is 0 Å². The number of nitrogens with one attached hydrogen (secondary N) is 2. The van der Waals surface area contributed by atoms with E-state index < -0.39 is 4.75 Å². The number of hydrogen-bond acceptors (Lipinski definition) is 10. The zero-order valence-corrected chi connectivity index (χ0v) is 27.2. The first-order chi connectivity index (χ1) is 22.4. The number of H-pyrrole nitrogens is 1. The minimum Gasteiger partial charge on any atom is -0.338 e. The Morgan fingerprint density at radius 1 is 1.09 bits per heavy atom. The van der Waals surface area contributed by atoms with Crippen LogP contribution < -0.4 is 5.32 Å². The Morgan fingerprint density at radius 2 is 1.96 bits per heavy atom. The maximum Gasteiger partial charge on any atom is 0.241 e. The molecule has 46 heavy (non-hydrogen) atoms. The number of aromatic nitrogens is 6. The van der Waals surface area contributed by atoms with E-state index in [2.05, 4.69) is 46.4 Å². The molecule has 2 N–H and O–H groups in total. The normalized spacial score (nSPS) is 18.6. The molecule has 0 spiro atoms. The fourth-order valence-corrected chi connectivity index (χ4v) is 7.80. The van der Waals surface area contributed by atoms with Crippen LogP contribution in [0.5, 0.6) is 0 Å². The molecular weight excluding hydrogens is 619 g/mol. The number of thioether (sulfide) groups is 1. The summed E-state index contributed by atoms with van der Waals surface area (Å²) in [4.78, 5) is 49.5. The summed E-state index contributed by atoms with van der Waals surface area (Å²) in [6, 6.07) is 11.5. The third-order valence-corrected chi connectivity index (χ3v) is 11.0. The summed E-state index contributed by atoms with van der Waals surface area (Å²) in [7, 11) is 0. The van der Waals surface area contributed by atoms with Crippen molar-refractivity contribution < 1.29 is 9.59 Å². The highest BCUT2D eigenvalue weighted by Crippen LogP contribution is 2.36. The molecule has 2 amide bonds. The van der Waals surface area contributed by atoms with Crippen molar-refractivity contribution >= 4 is 57.1 Å². The number of fused-ring (bicyclic) bond motifs is 1. The molecule has 1 atom stereocenters. The van der Waals surface area contributed by atoms with Gasteiger partial charge in [0.15, 0.2) is 5.82 Å². The van der Waals surface area contributed by atoms with Crippen LogP contribution in [0.2, 0.25) is 0 Å². The summed E-state index contributed by atoms with van der Waals surface area (Å²) in [6.45, 7) is 4.63. The lowest BCUT2D eigenvalue weighted by molar-refractivity contribution is -0.132. The average molecular weight is 652 g/mol. The van der Waals surface area contributed by atoms with E-state index in [1.165, 1.54) is 0 Å². The molecule has 7 rings (SSSR count). The van der Waals surface area contributed by atoms with Gasteiger partial charge in [-0.25, -0.2) is 15.0 Å². The third kappa shape index (κ3) is 6.05. The van der Waals surface area contributed by atoms with Gasteiger partial charge in [0.2, 0.25) is 11.8 Å². The number of anilines is 1. The molecule has 1 fully saturated rings. The maximum atomic E-state index is 13.7.